The van der Waals surface area contributed by atoms with Gasteiger partial charge < -0.3 is 20.1 Å². The number of methoxy groups -OCH3 is 2. The highest BCUT2D eigenvalue weighted by molar-refractivity contribution is 7.92. The summed E-state index contributed by atoms with van der Waals surface area (Å²) in [6.07, 6.45) is 0.671. The van der Waals surface area contributed by atoms with Crippen LogP contribution < -0.4 is 24.8 Å². The molecule has 0 radical (unpaired) electrons. The van der Waals surface area contributed by atoms with Gasteiger partial charge in [0.25, 0.3) is 10.0 Å². The Morgan fingerprint density at radius 2 is 1.77 bits per heavy atom. The number of aromatic nitrogens is 2. The Bertz CT molecular complexity index is 1300. The first-order chi connectivity index (χ1) is 16.7. The zero-order chi connectivity index (χ0) is 25.4. The number of thiocarbonyl (C=S) groups is 1. The minimum absolute atomic E-state index is 0.0171. The van der Waals surface area contributed by atoms with Crippen LogP contribution in [0.5, 0.6) is 11.9 Å². The zero-order valence-corrected chi connectivity index (χ0v) is 21.1. The average molecular weight is 536 g/mol. The molecule has 0 saturated heterocycles. The first-order valence-electron chi connectivity index (χ1n) is 10.1. The molecular formula is C22H22ClN5O5S2. The maximum absolute atomic E-state index is 12.7. The molecule has 1 aromatic heterocycles. The van der Waals surface area contributed by atoms with Gasteiger partial charge >= 0.3 is 6.01 Å². The topological polar surface area (TPSA) is 132 Å². The van der Waals surface area contributed by atoms with Crippen LogP contribution in [0, 0.1) is 0 Å². The molecule has 35 heavy (non-hydrogen) atoms. The highest BCUT2D eigenvalue weighted by Crippen LogP contribution is 2.21. The smallest absolute Gasteiger partial charge is 0.321 e. The monoisotopic (exact) mass is 535 g/mol. The van der Waals surface area contributed by atoms with Crippen molar-refractivity contribution >= 4 is 56.4 Å². The van der Waals surface area contributed by atoms with Crippen molar-refractivity contribution in [1.29, 1.82) is 0 Å². The van der Waals surface area contributed by atoms with E-state index in [9.17, 15) is 13.2 Å². The van der Waals surface area contributed by atoms with Gasteiger partial charge in [-0.2, -0.15) is 9.97 Å². The normalized spacial score (nSPS) is 10.8. The van der Waals surface area contributed by atoms with Gasteiger partial charge in [-0.25, -0.2) is 8.42 Å². The summed E-state index contributed by atoms with van der Waals surface area (Å²) in [5.74, 6) is -0.158. The van der Waals surface area contributed by atoms with Gasteiger partial charge in [0, 0.05) is 23.2 Å². The number of rotatable bonds is 9. The van der Waals surface area contributed by atoms with Crippen LogP contribution in [0.25, 0.3) is 0 Å². The van der Waals surface area contributed by atoms with Crippen molar-refractivity contribution in [1.82, 2.24) is 15.3 Å². The molecule has 184 valence electrons. The van der Waals surface area contributed by atoms with Crippen molar-refractivity contribution in [2.75, 3.05) is 24.3 Å². The number of anilines is 2. The Hall–Kier alpha value is -3.48. The second-order valence-corrected chi connectivity index (χ2v) is 9.50. The summed E-state index contributed by atoms with van der Waals surface area (Å²) in [5, 5.41) is 6.12. The lowest BCUT2D eigenvalue weighted by atomic mass is 10.1. The van der Waals surface area contributed by atoms with Gasteiger partial charge in [-0.15, -0.1) is 0 Å². The maximum Gasteiger partial charge on any atom is 0.321 e. The second-order valence-electron chi connectivity index (χ2n) is 7.01. The van der Waals surface area contributed by atoms with E-state index < -0.39 is 10.0 Å². The number of hydrogen-bond acceptors (Lipinski definition) is 8. The second kappa shape index (κ2) is 11.8. The van der Waals surface area contributed by atoms with E-state index in [0.29, 0.717) is 17.1 Å². The number of sulfonamides is 1. The van der Waals surface area contributed by atoms with Crippen molar-refractivity contribution in [2.45, 2.75) is 17.7 Å². The number of halogens is 1. The van der Waals surface area contributed by atoms with Gasteiger partial charge in [-0.3, -0.25) is 9.52 Å². The number of carbonyl (C=O) groups excluding carboxylic acids is 1. The molecule has 2 aromatic carbocycles. The predicted molar refractivity (Wildman–Crippen MR) is 137 cm³/mol. The summed E-state index contributed by atoms with van der Waals surface area (Å²) in [6, 6.07) is 14.3. The van der Waals surface area contributed by atoms with Crippen LogP contribution in [0.15, 0.2) is 59.5 Å². The van der Waals surface area contributed by atoms with Gasteiger partial charge in [0.05, 0.1) is 19.1 Å². The van der Waals surface area contributed by atoms with Crippen molar-refractivity contribution < 1.29 is 22.7 Å². The Balaban J connectivity index is 1.57. The molecule has 0 aliphatic carbocycles. The van der Waals surface area contributed by atoms with Gasteiger partial charge in [0.15, 0.2) is 10.9 Å². The summed E-state index contributed by atoms with van der Waals surface area (Å²) >= 11 is 11.3. The van der Waals surface area contributed by atoms with E-state index in [2.05, 4.69) is 25.3 Å². The van der Waals surface area contributed by atoms with Crippen molar-refractivity contribution in [3.05, 3.63) is 65.2 Å². The standard InChI is InChI=1S/C22H22ClN5O5S2/c1-32-20-13-18(25-21(27-20)33-2)28-35(30,31)16-10-8-15(9-11-16)24-22(34)26-19(29)12-7-14-5-3-4-6-17(14)23/h3-6,8-11,13H,7,12H2,1-2H3,(H,25,27,28)(H2,24,26,29,34). The Kier molecular flexibility index (Phi) is 8.79. The molecule has 0 spiro atoms. The maximum atomic E-state index is 12.7. The lowest BCUT2D eigenvalue weighted by Crippen LogP contribution is -2.34. The molecule has 1 heterocycles. The molecule has 1 amide bonds. The number of ether oxygens (including phenoxy) is 2. The number of carbonyl (C=O) groups is 1. The molecular weight excluding hydrogens is 514 g/mol. The number of amides is 1. The first kappa shape index (κ1) is 26.1. The molecule has 0 aliphatic rings. The SMILES string of the molecule is COc1cc(NS(=O)(=O)c2ccc(NC(=S)NC(=O)CCc3ccccc3Cl)cc2)nc(OC)n1. The van der Waals surface area contributed by atoms with E-state index in [-0.39, 0.29) is 40.0 Å². The van der Waals surface area contributed by atoms with E-state index in [1.165, 1.54) is 44.6 Å². The molecule has 3 aromatic rings. The number of hydrogen-bond donors (Lipinski definition) is 3. The zero-order valence-electron chi connectivity index (χ0n) is 18.7. The lowest BCUT2D eigenvalue weighted by Gasteiger charge is -2.12. The molecule has 0 atom stereocenters. The molecule has 0 fully saturated rings. The quantitative estimate of drug-likeness (QED) is 0.353. The van der Waals surface area contributed by atoms with Crippen LogP contribution in [0.3, 0.4) is 0 Å². The molecule has 0 saturated carbocycles. The third kappa shape index (κ3) is 7.50. The summed E-state index contributed by atoms with van der Waals surface area (Å²) in [4.78, 5) is 20.0. The summed E-state index contributed by atoms with van der Waals surface area (Å²) in [6.45, 7) is 0. The van der Waals surface area contributed by atoms with Crippen molar-refractivity contribution in [2.24, 2.45) is 0 Å². The van der Waals surface area contributed by atoms with E-state index in [1.54, 1.807) is 6.07 Å². The summed E-state index contributed by atoms with van der Waals surface area (Å²) in [5.41, 5.74) is 1.36. The van der Waals surface area contributed by atoms with Gasteiger partial charge in [-0.05, 0) is 54.5 Å². The molecule has 3 rings (SSSR count). The molecule has 0 aliphatic heterocycles. The van der Waals surface area contributed by atoms with Crippen LogP contribution in [0.1, 0.15) is 12.0 Å². The number of aryl methyl sites for hydroxylation is 1. The first-order valence-corrected chi connectivity index (χ1v) is 12.4. The van der Waals surface area contributed by atoms with E-state index >= 15 is 0 Å². The van der Waals surface area contributed by atoms with E-state index in [1.807, 2.05) is 18.2 Å². The molecule has 13 heteroatoms. The Morgan fingerprint density at radius 3 is 2.43 bits per heavy atom. The number of benzene rings is 2. The van der Waals surface area contributed by atoms with Crippen LogP contribution >= 0.6 is 23.8 Å². The lowest BCUT2D eigenvalue weighted by molar-refractivity contribution is -0.119. The summed E-state index contributed by atoms with van der Waals surface area (Å²) in [7, 11) is -1.22. The van der Waals surface area contributed by atoms with Crippen LogP contribution in [0.4, 0.5) is 11.5 Å². The highest BCUT2D eigenvalue weighted by atomic mass is 35.5. The highest BCUT2D eigenvalue weighted by Gasteiger charge is 2.17. The van der Waals surface area contributed by atoms with Crippen LogP contribution in [-0.4, -0.2) is 43.6 Å². The Morgan fingerprint density at radius 1 is 1.06 bits per heavy atom. The molecule has 0 unspecified atom stereocenters. The minimum Gasteiger partial charge on any atom is -0.481 e. The molecule has 10 nitrogen and oxygen atoms in total. The van der Waals surface area contributed by atoms with Gasteiger partial charge in [-0.1, -0.05) is 29.8 Å². The molecule has 0 bridgehead atoms. The fourth-order valence-corrected chi connectivity index (χ4v) is 4.32. The summed E-state index contributed by atoms with van der Waals surface area (Å²) < 4.78 is 37.8. The largest absolute Gasteiger partial charge is 0.481 e. The fraction of sp³-hybridized carbons (Fsp3) is 0.182. The Labute approximate surface area is 213 Å². The third-order valence-electron chi connectivity index (χ3n) is 4.57. The van der Waals surface area contributed by atoms with Crippen LogP contribution in [0.2, 0.25) is 5.02 Å². The number of nitrogens with one attached hydrogen (secondary N) is 3. The van der Waals surface area contributed by atoms with Crippen LogP contribution in [-0.2, 0) is 21.2 Å². The number of nitrogens with zero attached hydrogens (tertiary/aromatic N) is 2. The minimum atomic E-state index is -3.96. The van der Waals surface area contributed by atoms with E-state index in [0.717, 1.165) is 5.56 Å². The van der Waals surface area contributed by atoms with Gasteiger partial charge in [0.2, 0.25) is 11.8 Å². The van der Waals surface area contributed by atoms with Crippen molar-refractivity contribution in [3.63, 3.8) is 0 Å². The third-order valence-corrected chi connectivity index (χ3v) is 6.51. The predicted octanol–water partition coefficient (Wildman–Crippen LogP) is 3.39. The average Bonchev–Trinajstić information content (AvgIpc) is 2.83. The van der Waals surface area contributed by atoms with Crippen molar-refractivity contribution in [3.8, 4) is 11.9 Å². The molecule has 3 N–H and O–H groups in total. The van der Waals surface area contributed by atoms with E-state index in [4.69, 9.17) is 33.3 Å². The van der Waals surface area contributed by atoms with Gasteiger partial charge in [0.1, 0.15) is 0 Å². The fourth-order valence-electron chi connectivity index (χ4n) is 2.87.